The van der Waals surface area contributed by atoms with Crippen molar-refractivity contribution in [3.05, 3.63) is 42.1 Å². The maximum atomic E-state index is 13.5. The number of allylic oxidation sites excluding steroid dienone is 2. The number of pyridine rings is 1. The first-order valence-corrected chi connectivity index (χ1v) is 10.2. The van der Waals surface area contributed by atoms with E-state index in [-0.39, 0.29) is 5.91 Å². The van der Waals surface area contributed by atoms with Gasteiger partial charge in [0.1, 0.15) is 7.14 Å². The lowest BCUT2D eigenvalue weighted by molar-refractivity contribution is -0.123. The Morgan fingerprint density at radius 3 is 2.42 bits per heavy atom. The molecule has 0 spiro atoms. The van der Waals surface area contributed by atoms with Crippen LogP contribution in [0.5, 0.6) is 0 Å². The summed E-state index contributed by atoms with van der Waals surface area (Å²) in [6, 6.07) is 7.63. The summed E-state index contributed by atoms with van der Waals surface area (Å²) in [5.74, 6) is -0.0815. The summed E-state index contributed by atoms with van der Waals surface area (Å²) in [6.45, 7) is 7.54. The summed E-state index contributed by atoms with van der Waals surface area (Å²) < 4.78 is 13.5. The zero-order valence-electron chi connectivity index (χ0n) is 14.6. The molecule has 24 heavy (non-hydrogen) atoms. The van der Waals surface area contributed by atoms with E-state index < -0.39 is 12.6 Å². The molecule has 2 heterocycles. The highest BCUT2D eigenvalue weighted by Crippen LogP contribution is 2.51. The lowest BCUT2D eigenvalue weighted by Crippen LogP contribution is -2.30. The van der Waals surface area contributed by atoms with E-state index in [1.807, 2.05) is 64.1 Å². The standard InChI is InChI=1S/C19H23N2O2P/c1-13-7-8-14-15(20-13)9-10-16(21-18(22)19(2,3)4)17(14)24(23)11-5-6-12-24/h5-10H,11-12H2,1-4H3,(H,21,22). The van der Waals surface area contributed by atoms with Crippen LogP contribution in [0.25, 0.3) is 10.9 Å². The third-order valence-corrected chi connectivity index (χ3v) is 7.18. The van der Waals surface area contributed by atoms with E-state index in [4.69, 9.17) is 0 Å². The summed E-state index contributed by atoms with van der Waals surface area (Å²) in [5, 5.41) is 4.63. The van der Waals surface area contributed by atoms with Crippen LogP contribution in [-0.2, 0) is 9.36 Å². The average molecular weight is 342 g/mol. The maximum Gasteiger partial charge on any atom is 0.229 e. The molecule has 1 amide bonds. The summed E-state index contributed by atoms with van der Waals surface area (Å²) in [5.41, 5.74) is 1.88. The summed E-state index contributed by atoms with van der Waals surface area (Å²) >= 11 is 0. The van der Waals surface area contributed by atoms with Gasteiger partial charge in [-0.25, -0.2) is 0 Å². The molecule has 0 atom stereocenters. The van der Waals surface area contributed by atoms with Gasteiger partial charge < -0.3 is 9.88 Å². The van der Waals surface area contributed by atoms with Crippen molar-refractivity contribution in [2.75, 3.05) is 17.6 Å². The molecule has 0 saturated carbocycles. The number of amides is 1. The fraction of sp³-hybridized carbons (Fsp3) is 0.368. The highest BCUT2D eigenvalue weighted by Gasteiger charge is 2.32. The second-order valence-electron chi connectivity index (χ2n) is 7.41. The number of benzene rings is 1. The molecule has 1 N–H and O–H groups in total. The fourth-order valence-corrected chi connectivity index (χ4v) is 5.58. The van der Waals surface area contributed by atoms with E-state index in [1.54, 1.807) is 0 Å². The third kappa shape index (κ3) is 3.03. The van der Waals surface area contributed by atoms with Gasteiger partial charge >= 0.3 is 0 Å². The lowest BCUT2D eigenvalue weighted by atomic mass is 9.95. The predicted molar refractivity (Wildman–Crippen MR) is 101 cm³/mol. The van der Waals surface area contributed by atoms with Gasteiger partial charge in [0, 0.05) is 34.1 Å². The third-order valence-electron chi connectivity index (χ3n) is 4.29. The van der Waals surface area contributed by atoms with Gasteiger partial charge in [0.15, 0.2) is 0 Å². The number of anilines is 1. The van der Waals surface area contributed by atoms with Gasteiger partial charge in [0.25, 0.3) is 0 Å². The van der Waals surface area contributed by atoms with Gasteiger partial charge in [-0.2, -0.15) is 0 Å². The molecule has 0 radical (unpaired) electrons. The number of nitrogens with zero attached hydrogens (tertiary/aromatic N) is 1. The van der Waals surface area contributed by atoms with Crippen LogP contribution >= 0.6 is 7.14 Å². The molecule has 1 aliphatic rings. The van der Waals surface area contributed by atoms with Gasteiger partial charge in [-0.05, 0) is 25.1 Å². The summed E-state index contributed by atoms with van der Waals surface area (Å²) in [7, 11) is -2.59. The van der Waals surface area contributed by atoms with Gasteiger partial charge in [-0.1, -0.05) is 39.0 Å². The molecule has 0 bridgehead atoms. The van der Waals surface area contributed by atoms with E-state index in [0.717, 1.165) is 21.9 Å². The highest BCUT2D eigenvalue weighted by molar-refractivity contribution is 7.73. The van der Waals surface area contributed by atoms with E-state index in [0.29, 0.717) is 18.0 Å². The Morgan fingerprint density at radius 2 is 1.79 bits per heavy atom. The van der Waals surface area contributed by atoms with Crippen LogP contribution in [0.1, 0.15) is 26.5 Å². The van der Waals surface area contributed by atoms with Crippen molar-refractivity contribution >= 4 is 34.9 Å². The van der Waals surface area contributed by atoms with Crippen molar-refractivity contribution in [3.8, 4) is 0 Å². The SMILES string of the molecule is Cc1ccc2c(P3(=O)CC=CC3)c(NC(=O)C(C)(C)C)ccc2n1. The Hall–Kier alpha value is -1.93. The first kappa shape index (κ1) is 16.9. The molecule has 0 aliphatic carbocycles. The average Bonchev–Trinajstić information content (AvgIpc) is 2.93. The molecule has 126 valence electrons. The van der Waals surface area contributed by atoms with Gasteiger partial charge in [0.2, 0.25) is 5.91 Å². The Balaban J connectivity index is 2.20. The largest absolute Gasteiger partial charge is 0.325 e. The topological polar surface area (TPSA) is 59.1 Å². The van der Waals surface area contributed by atoms with E-state index in [2.05, 4.69) is 10.3 Å². The van der Waals surface area contributed by atoms with Crippen molar-refractivity contribution in [2.24, 2.45) is 5.41 Å². The first-order valence-electron chi connectivity index (χ1n) is 8.16. The molecule has 1 aromatic heterocycles. The van der Waals surface area contributed by atoms with Crippen LogP contribution in [0.4, 0.5) is 5.69 Å². The molecule has 3 rings (SSSR count). The normalized spacial score (nSPS) is 16.5. The number of carbonyl (C=O) groups is 1. The van der Waals surface area contributed by atoms with Crippen LogP contribution in [0, 0.1) is 12.3 Å². The molecule has 1 aliphatic heterocycles. The minimum absolute atomic E-state index is 0.0815. The second kappa shape index (κ2) is 5.86. The number of hydrogen-bond donors (Lipinski definition) is 1. The molecule has 5 heteroatoms. The highest BCUT2D eigenvalue weighted by atomic mass is 31.2. The Bertz CT molecular complexity index is 882. The van der Waals surface area contributed by atoms with E-state index in [1.165, 1.54) is 0 Å². The van der Waals surface area contributed by atoms with Crippen LogP contribution in [0.15, 0.2) is 36.4 Å². The predicted octanol–water partition coefficient (Wildman–Crippen LogP) is 4.09. The molecule has 0 fully saturated rings. The van der Waals surface area contributed by atoms with Crippen LogP contribution in [0.2, 0.25) is 0 Å². The number of rotatable bonds is 2. The van der Waals surface area contributed by atoms with E-state index >= 15 is 0 Å². The quantitative estimate of drug-likeness (QED) is 0.661. The molecular weight excluding hydrogens is 319 g/mol. The fourth-order valence-electron chi connectivity index (χ4n) is 2.89. The number of hydrogen-bond acceptors (Lipinski definition) is 3. The number of aromatic nitrogens is 1. The van der Waals surface area contributed by atoms with Gasteiger partial charge in [-0.15, -0.1) is 0 Å². The number of aryl methyl sites for hydroxylation is 1. The molecule has 0 unspecified atom stereocenters. The molecule has 1 aromatic carbocycles. The minimum atomic E-state index is -2.59. The summed E-state index contributed by atoms with van der Waals surface area (Å²) in [4.78, 5) is 17.0. The van der Waals surface area contributed by atoms with Crippen molar-refractivity contribution in [1.82, 2.24) is 4.98 Å². The number of fused-ring (bicyclic) bond motifs is 1. The van der Waals surface area contributed by atoms with Crippen LogP contribution in [-0.4, -0.2) is 23.2 Å². The monoisotopic (exact) mass is 342 g/mol. The van der Waals surface area contributed by atoms with Crippen LogP contribution < -0.4 is 10.6 Å². The van der Waals surface area contributed by atoms with Gasteiger partial charge in [0.05, 0.1) is 11.2 Å². The maximum absolute atomic E-state index is 13.5. The Kier molecular flexibility index (Phi) is 4.13. The zero-order chi connectivity index (χ0) is 17.5. The van der Waals surface area contributed by atoms with E-state index in [9.17, 15) is 9.36 Å². The summed E-state index contributed by atoms with van der Waals surface area (Å²) in [6.07, 6.45) is 5.02. The first-order chi connectivity index (χ1) is 11.2. The second-order valence-corrected chi connectivity index (χ2v) is 10.4. The molecule has 0 saturated heterocycles. The smallest absolute Gasteiger partial charge is 0.229 e. The van der Waals surface area contributed by atoms with Crippen molar-refractivity contribution < 1.29 is 9.36 Å². The molecule has 4 nitrogen and oxygen atoms in total. The minimum Gasteiger partial charge on any atom is -0.325 e. The van der Waals surface area contributed by atoms with Crippen molar-refractivity contribution in [2.45, 2.75) is 27.7 Å². The number of nitrogens with one attached hydrogen (secondary N) is 1. The van der Waals surface area contributed by atoms with Crippen molar-refractivity contribution in [1.29, 1.82) is 0 Å². The zero-order valence-corrected chi connectivity index (χ0v) is 15.5. The van der Waals surface area contributed by atoms with Gasteiger partial charge in [-0.3, -0.25) is 9.78 Å². The number of carbonyl (C=O) groups excluding carboxylic acids is 1. The molecule has 2 aromatic rings. The Morgan fingerprint density at radius 1 is 1.12 bits per heavy atom. The van der Waals surface area contributed by atoms with Crippen molar-refractivity contribution in [3.63, 3.8) is 0 Å². The Labute approximate surface area is 142 Å². The molecular formula is C19H23N2O2P. The lowest BCUT2D eigenvalue weighted by Gasteiger charge is -2.23. The van der Waals surface area contributed by atoms with Crippen LogP contribution in [0.3, 0.4) is 0 Å².